The van der Waals surface area contributed by atoms with Gasteiger partial charge in [0.25, 0.3) is 0 Å². The lowest BCUT2D eigenvalue weighted by Crippen LogP contribution is -2.44. The molecule has 1 heterocycles. The van der Waals surface area contributed by atoms with Gasteiger partial charge in [-0.05, 0) is 51.6 Å². The highest BCUT2D eigenvalue weighted by molar-refractivity contribution is 14.0. The largest absolute Gasteiger partial charge is 0.357 e. The predicted molar refractivity (Wildman–Crippen MR) is 106 cm³/mol. The highest BCUT2D eigenvalue weighted by atomic mass is 127. The maximum absolute atomic E-state index is 4.85. The van der Waals surface area contributed by atoms with Gasteiger partial charge in [-0.15, -0.1) is 24.0 Å². The number of aliphatic imine (C=N–C) groups is 1. The molecule has 0 aromatic heterocycles. The molecule has 1 saturated carbocycles. The molecule has 0 amide bonds. The van der Waals surface area contributed by atoms with Crippen molar-refractivity contribution in [3.63, 3.8) is 0 Å². The number of hydrogen-bond acceptors (Lipinski definition) is 2. The summed E-state index contributed by atoms with van der Waals surface area (Å²) in [4.78, 5) is 7.44. The Bertz CT molecular complexity index is 316. The van der Waals surface area contributed by atoms with E-state index in [1.165, 1.54) is 64.6 Å². The van der Waals surface area contributed by atoms with E-state index in [1.807, 2.05) is 0 Å². The van der Waals surface area contributed by atoms with Crippen LogP contribution in [0.2, 0.25) is 0 Å². The fraction of sp³-hybridized carbons (Fsp3) is 0.941. The summed E-state index contributed by atoms with van der Waals surface area (Å²) in [5.41, 5.74) is 0. The first-order valence-corrected chi connectivity index (χ1v) is 9.09. The van der Waals surface area contributed by atoms with Gasteiger partial charge in [-0.2, -0.15) is 0 Å². The summed E-state index contributed by atoms with van der Waals surface area (Å²) in [6.07, 6.45) is 9.32. The van der Waals surface area contributed by atoms with E-state index in [0.29, 0.717) is 6.04 Å². The number of nitrogens with one attached hydrogen (secondary N) is 2. The molecule has 4 nitrogen and oxygen atoms in total. The van der Waals surface area contributed by atoms with Gasteiger partial charge in [0.15, 0.2) is 5.96 Å². The first kappa shape index (κ1) is 20.0. The molecular weight excluding hydrogens is 387 g/mol. The maximum Gasteiger partial charge on any atom is 0.191 e. The predicted octanol–water partition coefficient (Wildman–Crippen LogP) is 3.22. The second-order valence-electron chi connectivity index (χ2n) is 6.65. The van der Waals surface area contributed by atoms with Gasteiger partial charge in [0.05, 0.1) is 0 Å². The van der Waals surface area contributed by atoms with Crippen LogP contribution < -0.4 is 10.6 Å². The Morgan fingerprint density at radius 2 is 1.91 bits per heavy atom. The fourth-order valence-electron chi connectivity index (χ4n) is 3.56. The Hall–Kier alpha value is -0.0400. The molecule has 0 aromatic carbocycles. The zero-order valence-electron chi connectivity index (χ0n) is 14.4. The molecule has 1 aliphatic heterocycles. The van der Waals surface area contributed by atoms with Gasteiger partial charge in [-0.1, -0.05) is 26.2 Å². The molecular formula is C17H35IN4. The molecule has 2 fully saturated rings. The molecule has 0 spiro atoms. The lowest BCUT2D eigenvalue weighted by atomic mass is 9.96. The number of nitrogens with zero attached hydrogens (tertiary/aromatic N) is 2. The Morgan fingerprint density at radius 1 is 1.14 bits per heavy atom. The Morgan fingerprint density at radius 3 is 2.59 bits per heavy atom. The van der Waals surface area contributed by atoms with Crippen LogP contribution in [-0.2, 0) is 0 Å². The normalized spacial score (nSPS) is 24.1. The minimum absolute atomic E-state index is 0. The highest BCUT2D eigenvalue weighted by Gasteiger charge is 2.21. The Kier molecular flexibility index (Phi) is 10.4. The van der Waals surface area contributed by atoms with Crippen molar-refractivity contribution in [2.24, 2.45) is 10.9 Å². The third-order valence-corrected chi connectivity index (χ3v) is 4.71. The molecule has 0 bridgehead atoms. The molecule has 5 heteroatoms. The molecule has 1 atom stereocenters. The molecule has 1 saturated heterocycles. The molecule has 130 valence electrons. The molecule has 2 rings (SSSR count). The van der Waals surface area contributed by atoms with Crippen LogP contribution in [0.1, 0.15) is 58.8 Å². The highest BCUT2D eigenvalue weighted by Crippen LogP contribution is 2.18. The van der Waals surface area contributed by atoms with Crippen LogP contribution in [0.5, 0.6) is 0 Å². The van der Waals surface area contributed by atoms with Gasteiger partial charge < -0.3 is 15.5 Å². The van der Waals surface area contributed by atoms with Crippen molar-refractivity contribution >= 4 is 29.9 Å². The van der Waals surface area contributed by atoms with Crippen molar-refractivity contribution in [1.82, 2.24) is 15.5 Å². The first-order valence-electron chi connectivity index (χ1n) is 9.09. The van der Waals surface area contributed by atoms with Crippen LogP contribution >= 0.6 is 24.0 Å². The van der Waals surface area contributed by atoms with Crippen molar-refractivity contribution in [3.8, 4) is 0 Å². The third kappa shape index (κ3) is 7.02. The van der Waals surface area contributed by atoms with Crippen LogP contribution in [0.15, 0.2) is 4.99 Å². The van der Waals surface area contributed by atoms with E-state index in [2.05, 4.69) is 29.4 Å². The van der Waals surface area contributed by atoms with Gasteiger partial charge >= 0.3 is 0 Å². The van der Waals surface area contributed by atoms with Crippen LogP contribution in [0.4, 0.5) is 0 Å². The first-order chi connectivity index (χ1) is 10.3. The van der Waals surface area contributed by atoms with Gasteiger partial charge in [-0.3, -0.25) is 4.99 Å². The molecule has 2 N–H and O–H groups in total. The van der Waals surface area contributed by atoms with Gasteiger partial charge in [0.1, 0.15) is 0 Å². The van der Waals surface area contributed by atoms with E-state index < -0.39 is 0 Å². The lowest BCUT2D eigenvalue weighted by Gasteiger charge is -2.25. The van der Waals surface area contributed by atoms with Crippen LogP contribution in [-0.4, -0.2) is 49.6 Å². The zero-order valence-corrected chi connectivity index (χ0v) is 16.8. The van der Waals surface area contributed by atoms with Crippen molar-refractivity contribution in [2.75, 3.05) is 32.7 Å². The van der Waals surface area contributed by atoms with E-state index >= 15 is 0 Å². The summed E-state index contributed by atoms with van der Waals surface area (Å²) in [5.74, 6) is 1.79. The Labute approximate surface area is 153 Å². The van der Waals surface area contributed by atoms with E-state index in [1.54, 1.807) is 0 Å². The van der Waals surface area contributed by atoms with Gasteiger partial charge in [-0.25, -0.2) is 0 Å². The summed E-state index contributed by atoms with van der Waals surface area (Å²) in [6, 6.07) is 0.636. The van der Waals surface area contributed by atoms with Crippen molar-refractivity contribution < 1.29 is 0 Å². The van der Waals surface area contributed by atoms with E-state index in [4.69, 9.17) is 4.99 Å². The molecule has 2 aliphatic rings. The number of guanidine groups is 1. The molecule has 0 aromatic rings. The van der Waals surface area contributed by atoms with Gasteiger partial charge in [0, 0.05) is 25.7 Å². The Balaban J connectivity index is 0.00000242. The topological polar surface area (TPSA) is 39.7 Å². The summed E-state index contributed by atoms with van der Waals surface area (Å²) in [6.45, 7) is 10.1. The summed E-state index contributed by atoms with van der Waals surface area (Å²) >= 11 is 0. The van der Waals surface area contributed by atoms with Gasteiger partial charge in [0.2, 0.25) is 0 Å². The summed E-state index contributed by atoms with van der Waals surface area (Å²) in [7, 11) is 0. The minimum Gasteiger partial charge on any atom is -0.357 e. The quantitative estimate of drug-likeness (QED) is 0.392. The second kappa shape index (κ2) is 11.5. The lowest BCUT2D eigenvalue weighted by molar-refractivity contribution is 0.326. The molecule has 0 radical (unpaired) electrons. The van der Waals surface area contributed by atoms with Crippen LogP contribution in [0.3, 0.4) is 0 Å². The fourth-order valence-corrected chi connectivity index (χ4v) is 3.56. The van der Waals surface area contributed by atoms with Crippen molar-refractivity contribution in [3.05, 3.63) is 0 Å². The van der Waals surface area contributed by atoms with E-state index in [-0.39, 0.29) is 24.0 Å². The van der Waals surface area contributed by atoms with E-state index in [9.17, 15) is 0 Å². The molecule has 1 unspecified atom stereocenters. The van der Waals surface area contributed by atoms with Crippen LogP contribution in [0, 0.1) is 5.92 Å². The second-order valence-corrected chi connectivity index (χ2v) is 6.65. The van der Waals surface area contributed by atoms with Crippen molar-refractivity contribution in [1.29, 1.82) is 0 Å². The summed E-state index contributed by atoms with van der Waals surface area (Å²) < 4.78 is 0. The zero-order chi connectivity index (χ0) is 14.9. The summed E-state index contributed by atoms with van der Waals surface area (Å²) in [5, 5.41) is 7.06. The number of halogens is 1. The monoisotopic (exact) mass is 422 g/mol. The van der Waals surface area contributed by atoms with E-state index in [0.717, 1.165) is 25.0 Å². The SMILES string of the molecule is CCCN1CCC(CN=C(NCC)NC2CCCCC2)C1.I. The van der Waals surface area contributed by atoms with Crippen LogP contribution in [0.25, 0.3) is 0 Å². The average molecular weight is 422 g/mol. The third-order valence-electron chi connectivity index (χ3n) is 4.71. The number of hydrogen-bond donors (Lipinski definition) is 2. The number of likely N-dealkylation sites (tertiary alicyclic amines) is 1. The minimum atomic E-state index is 0. The molecule has 22 heavy (non-hydrogen) atoms. The van der Waals surface area contributed by atoms with Crippen molar-refractivity contribution in [2.45, 2.75) is 64.8 Å². The number of rotatable bonds is 6. The smallest absolute Gasteiger partial charge is 0.191 e. The molecule has 1 aliphatic carbocycles. The average Bonchev–Trinajstić information content (AvgIpc) is 2.94. The maximum atomic E-state index is 4.85. The standard InChI is InChI=1S/C17H34N4.HI/c1-3-11-21-12-10-15(14-21)13-19-17(18-4-2)20-16-8-6-5-7-9-16;/h15-16H,3-14H2,1-2H3,(H2,18,19,20);1H.